The number of hydrogen-bond acceptors (Lipinski definition) is 4. The fourth-order valence-electron chi connectivity index (χ4n) is 2.47. The predicted octanol–water partition coefficient (Wildman–Crippen LogP) is -1.81. The second-order valence-corrected chi connectivity index (χ2v) is 4.10. The van der Waals surface area contributed by atoms with Gasteiger partial charge in [-0.2, -0.15) is 0 Å². The Bertz CT molecular complexity index is 281. The fraction of sp³-hybridized carbons (Fsp3) is 0.778. The van der Waals surface area contributed by atoms with Crippen LogP contribution in [0.4, 0.5) is 0 Å². The number of piperidine rings is 1. The van der Waals surface area contributed by atoms with Gasteiger partial charge in [0, 0.05) is 12.6 Å². The van der Waals surface area contributed by atoms with Gasteiger partial charge in [0.05, 0.1) is 12.5 Å². The van der Waals surface area contributed by atoms with Crippen LogP contribution in [-0.2, 0) is 9.59 Å². The molecule has 2 rings (SSSR count). The lowest BCUT2D eigenvalue weighted by molar-refractivity contribution is -0.127. The molecule has 0 aromatic heterocycles. The van der Waals surface area contributed by atoms with Crippen molar-refractivity contribution >= 4 is 11.8 Å². The van der Waals surface area contributed by atoms with Crippen LogP contribution in [0.1, 0.15) is 12.8 Å². The van der Waals surface area contributed by atoms with Crippen LogP contribution in [0.15, 0.2) is 0 Å². The topological polar surface area (TPSA) is 87.5 Å². The van der Waals surface area contributed by atoms with Crippen LogP contribution in [0, 0.1) is 5.92 Å². The van der Waals surface area contributed by atoms with Crippen LogP contribution in [0.3, 0.4) is 0 Å². The van der Waals surface area contributed by atoms with Gasteiger partial charge in [0.25, 0.3) is 0 Å². The Kier molecular flexibility index (Phi) is 2.88. The summed E-state index contributed by atoms with van der Waals surface area (Å²) in [6.07, 6.45) is 1.89. The van der Waals surface area contributed by atoms with Crippen molar-refractivity contribution in [2.45, 2.75) is 18.9 Å². The molecule has 2 atom stereocenters. The Morgan fingerprint density at radius 1 is 1.67 bits per heavy atom. The van der Waals surface area contributed by atoms with E-state index in [1.165, 1.54) is 0 Å². The van der Waals surface area contributed by atoms with Crippen LogP contribution < -0.4 is 16.6 Å². The molecule has 2 aliphatic rings. The highest BCUT2D eigenvalue weighted by Crippen LogP contribution is 2.26. The molecule has 6 heteroatoms. The fourth-order valence-corrected chi connectivity index (χ4v) is 2.47. The van der Waals surface area contributed by atoms with Gasteiger partial charge in [0.2, 0.25) is 11.8 Å². The largest absolute Gasteiger partial charge is 0.354 e. The van der Waals surface area contributed by atoms with Gasteiger partial charge in [-0.05, 0) is 19.4 Å². The van der Waals surface area contributed by atoms with E-state index in [0.29, 0.717) is 6.54 Å². The first kappa shape index (κ1) is 10.4. The maximum atomic E-state index is 11.4. The molecule has 0 bridgehead atoms. The van der Waals surface area contributed by atoms with Crippen LogP contribution >= 0.6 is 0 Å². The van der Waals surface area contributed by atoms with Crippen molar-refractivity contribution in [3.8, 4) is 0 Å². The van der Waals surface area contributed by atoms with E-state index in [2.05, 4.69) is 10.7 Å². The highest BCUT2D eigenvalue weighted by Gasteiger charge is 2.40. The Morgan fingerprint density at radius 3 is 3.20 bits per heavy atom. The molecule has 0 spiro atoms. The third-order valence-electron chi connectivity index (χ3n) is 3.22. The predicted molar refractivity (Wildman–Crippen MR) is 53.4 cm³/mol. The third kappa shape index (κ3) is 1.95. The van der Waals surface area contributed by atoms with Gasteiger partial charge in [-0.3, -0.25) is 19.9 Å². The van der Waals surface area contributed by atoms with Crippen LogP contribution in [-0.4, -0.2) is 42.4 Å². The van der Waals surface area contributed by atoms with Gasteiger partial charge in [-0.1, -0.05) is 0 Å². The molecule has 6 nitrogen and oxygen atoms in total. The summed E-state index contributed by atoms with van der Waals surface area (Å²) in [5.74, 6) is 5.03. The molecule has 2 saturated heterocycles. The maximum absolute atomic E-state index is 11.4. The minimum atomic E-state index is -0.199. The van der Waals surface area contributed by atoms with E-state index in [4.69, 9.17) is 5.84 Å². The average molecular weight is 212 g/mol. The van der Waals surface area contributed by atoms with E-state index in [-0.39, 0.29) is 30.3 Å². The smallest absolute Gasteiger partial charge is 0.248 e. The zero-order valence-corrected chi connectivity index (χ0v) is 8.53. The van der Waals surface area contributed by atoms with Crippen molar-refractivity contribution in [3.05, 3.63) is 0 Å². The van der Waals surface area contributed by atoms with Gasteiger partial charge in [0.15, 0.2) is 0 Å². The number of fused-ring (bicyclic) bond motifs is 1. The summed E-state index contributed by atoms with van der Waals surface area (Å²) in [6, 6.07) is 0.170. The van der Waals surface area contributed by atoms with E-state index in [9.17, 15) is 9.59 Å². The molecule has 0 radical (unpaired) electrons. The Labute approximate surface area is 88.1 Å². The molecule has 2 heterocycles. The SMILES string of the molecule is NNC(=O)CN1CCCC2C(=O)NCC21. The first-order valence-corrected chi connectivity index (χ1v) is 5.23. The van der Waals surface area contributed by atoms with Crippen molar-refractivity contribution in [2.75, 3.05) is 19.6 Å². The molecule has 84 valence electrons. The van der Waals surface area contributed by atoms with Crippen LogP contribution in [0.5, 0.6) is 0 Å². The van der Waals surface area contributed by atoms with Crippen LogP contribution in [0.2, 0.25) is 0 Å². The third-order valence-corrected chi connectivity index (χ3v) is 3.22. The van der Waals surface area contributed by atoms with E-state index >= 15 is 0 Å². The second kappa shape index (κ2) is 4.16. The number of rotatable bonds is 2. The molecule has 0 aromatic carbocycles. The summed E-state index contributed by atoms with van der Waals surface area (Å²) in [5, 5.41) is 2.84. The van der Waals surface area contributed by atoms with Gasteiger partial charge in [0.1, 0.15) is 0 Å². The van der Waals surface area contributed by atoms with E-state index < -0.39 is 0 Å². The Hall–Kier alpha value is -1.14. The Morgan fingerprint density at radius 2 is 2.47 bits per heavy atom. The van der Waals surface area contributed by atoms with E-state index in [1.54, 1.807) is 0 Å². The van der Waals surface area contributed by atoms with Gasteiger partial charge in [-0.25, -0.2) is 5.84 Å². The summed E-state index contributed by atoms with van der Waals surface area (Å²) < 4.78 is 0. The average Bonchev–Trinajstić information content (AvgIpc) is 2.62. The number of likely N-dealkylation sites (tertiary alicyclic amines) is 1. The van der Waals surface area contributed by atoms with Crippen molar-refractivity contribution in [3.63, 3.8) is 0 Å². The number of hydrogen-bond donors (Lipinski definition) is 3. The zero-order chi connectivity index (χ0) is 10.8. The molecule has 2 unspecified atom stereocenters. The first-order chi connectivity index (χ1) is 7.22. The summed E-state index contributed by atoms with van der Waals surface area (Å²) in [5.41, 5.74) is 2.12. The standard InChI is InChI=1S/C9H16N4O2/c10-12-8(14)5-13-3-1-2-6-7(13)4-11-9(6)15/h6-7H,1-5,10H2,(H,11,15)(H,12,14). The van der Waals surface area contributed by atoms with Crippen molar-refractivity contribution in [1.82, 2.24) is 15.6 Å². The molecule has 0 aliphatic carbocycles. The minimum Gasteiger partial charge on any atom is -0.354 e. The monoisotopic (exact) mass is 212 g/mol. The Balaban J connectivity index is 2.00. The lowest BCUT2D eigenvalue weighted by Crippen LogP contribution is -2.50. The number of hydrazine groups is 1. The van der Waals surface area contributed by atoms with Crippen molar-refractivity contribution in [1.29, 1.82) is 0 Å². The second-order valence-electron chi connectivity index (χ2n) is 4.10. The molecule has 0 saturated carbocycles. The molecule has 4 N–H and O–H groups in total. The van der Waals surface area contributed by atoms with Crippen molar-refractivity contribution < 1.29 is 9.59 Å². The summed E-state index contributed by atoms with van der Waals surface area (Å²) in [4.78, 5) is 24.6. The lowest BCUT2D eigenvalue weighted by Gasteiger charge is -2.34. The molecule has 2 fully saturated rings. The highest BCUT2D eigenvalue weighted by molar-refractivity contribution is 5.82. The number of carbonyl (C=O) groups excluding carboxylic acids is 2. The van der Waals surface area contributed by atoms with Crippen molar-refractivity contribution in [2.24, 2.45) is 11.8 Å². The number of nitrogens with two attached hydrogens (primary N) is 1. The van der Waals surface area contributed by atoms with E-state index in [0.717, 1.165) is 19.4 Å². The molecule has 2 amide bonds. The summed E-state index contributed by atoms with van der Waals surface area (Å²) in [7, 11) is 0. The summed E-state index contributed by atoms with van der Waals surface area (Å²) in [6.45, 7) is 1.80. The van der Waals surface area contributed by atoms with Gasteiger partial charge >= 0.3 is 0 Å². The molecular weight excluding hydrogens is 196 g/mol. The molecular formula is C9H16N4O2. The van der Waals surface area contributed by atoms with Gasteiger partial charge in [-0.15, -0.1) is 0 Å². The number of amides is 2. The molecule has 2 aliphatic heterocycles. The number of carbonyl (C=O) groups is 2. The normalized spacial score (nSPS) is 30.9. The lowest BCUT2D eigenvalue weighted by atomic mass is 9.91. The number of nitrogens with zero attached hydrogens (tertiary/aromatic N) is 1. The maximum Gasteiger partial charge on any atom is 0.248 e. The molecule has 15 heavy (non-hydrogen) atoms. The first-order valence-electron chi connectivity index (χ1n) is 5.23. The number of nitrogens with one attached hydrogen (secondary N) is 2. The quantitative estimate of drug-likeness (QED) is 0.286. The van der Waals surface area contributed by atoms with Gasteiger partial charge < -0.3 is 5.32 Å². The minimum absolute atomic E-state index is 0.0596. The molecule has 0 aromatic rings. The summed E-state index contributed by atoms with van der Waals surface area (Å²) >= 11 is 0. The van der Waals surface area contributed by atoms with Crippen LogP contribution in [0.25, 0.3) is 0 Å². The van der Waals surface area contributed by atoms with E-state index in [1.807, 2.05) is 4.90 Å². The zero-order valence-electron chi connectivity index (χ0n) is 8.53. The highest BCUT2D eigenvalue weighted by atomic mass is 16.2.